The Bertz CT molecular complexity index is 887. The van der Waals surface area contributed by atoms with Crippen molar-refractivity contribution in [3.8, 4) is 11.3 Å². The lowest BCUT2D eigenvalue weighted by atomic mass is 10.1. The molecule has 1 aromatic carbocycles. The third kappa shape index (κ3) is 3.88. The predicted molar refractivity (Wildman–Crippen MR) is 80.7 cm³/mol. The van der Waals surface area contributed by atoms with Crippen molar-refractivity contribution in [2.24, 2.45) is 0 Å². The first-order valence-corrected chi connectivity index (χ1v) is 8.20. The fourth-order valence-electron chi connectivity index (χ4n) is 2.25. The Balaban J connectivity index is 2.78. The second kappa shape index (κ2) is 6.39. The Morgan fingerprint density at radius 2 is 1.78 bits per heavy atom. The summed E-state index contributed by atoms with van der Waals surface area (Å²) in [6.07, 6.45) is 1.53. The number of pyridine rings is 1. The molecule has 0 spiro atoms. The van der Waals surface area contributed by atoms with Crippen LogP contribution >= 0.6 is 0 Å². The zero-order valence-electron chi connectivity index (χ0n) is 12.6. The van der Waals surface area contributed by atoms with Crippen LogP contribution in [0.5, 0.6) is 0 Å². The minimum absolute atomic E-state index is 0.000751. The summed E-state index contributed by atoms with van der Waals surface area (Å²) in [5.74, 6) is -0.349. The van der Waals surface area contributed by atoms with Gasteiger partial charge >= 0.3 is 0 Å². The van der Waals surface area contributed by atoms with Crippen LogP contribution in [0.1, 0.15) is 24.2 Å². The monoisotopic (exact) mass is 333 g/mol. The average molecular weight is 333 g/mol. The van der Waals surface area contributed by atoms with E-state index in [-0.39, 0.29) is 23.7 Å². The van der Waals surface area contributed by atoms with Crippen molar-refractivity contribution in [1.82, 2.24) is 0 Å². The second-order valence-corrected chi connectivity index (χ2v) is 6.49. The topological polar surface area (TPSA) is 95.2 Å². The lowest BCUT2D eigenvalue weighted by Gasteiger charge is -2.12. The molecule has 7 heteroatoms. The van der Waals surface area contributed by atoms with Crippen LogP contribution in [0, 0.1) is 0 Å². The molecular formula is C16H15NO5S. The van der Waals surface area contributed by atoms with Crippen molar-refractivity contribution in [3.63, 3.8) is 0 Å². The summed E-state index contributed by atoms with van der Waals surface area (Å²) in [5.41, 5.74) is 0.840. The standard InChI is InChI=1S/C16H15NO5S/c1-11(18)10-17-8-7-13(12(2)19)9-15(17)14-5-3-4-6-16(14)23(20,21)22/h3-9H,10H2,1-2H3. The van der Waals surface area contributed by atoms with Crippen LogP contribution in [-0.2, 0) is 21.5 Å². The highest BCUT2D eigenvalue weighted by Gasteiger charge is 2.21. The van der Waals surface area contributed by atoms with Gasteiger partial charge in [0.15, 0.2) is 17.8 Å². The Morgan fingerprint density at radius 3 is 2.35 bits per heavy atom. The van der Waals surface area contributed by atoms with Gasteiger partial charge in [0.1, 0.15) is 10.1 Å². The first kappa shape index (κ1) is 17.0. The summed E-state index contributed by atoms with van der Waals surface area (Å²) in [6, 6.07) is 8.73. The van der Waals surface area contributed by atoms with Gasteiger partial charge in [0.25, 0.3) is 0 Å². The van der Waals surface area contributed by atoms with Crippen LogP contribution in [0.3, 0.4) is 0 Å². The maximum Gasteiger partial charge on any atom is 0.214 e. The van der Waals surface area contributed by atoms with Gasteiger partial charge in [-0.3, -0.25) is 9.59 Å². The molecule has 0 N–H and O–H groups in total. The fraction of sp³-hybridized carbons (Fsp3) is 0.188. The van der Waals surface area contributed by atoms with E-state index in [1.54, 1.807) is 12.1 Å². The molecule has 0 unspecified atom stereocenters. The number of hydrogen-bond acceptors (Lipinski definition) is 5. The van der Waals surface area contributed by atoms with Gasteiger partial charge in [0.2, 0.25) is 12.2 Å². The van der Waals surface area contributed by atoms with Crippen LogP contribution in [-0.4, -0.2) is 24.5 Å². The number of Topliss-reactive ketones (excluding diaryl/α,β-unsaturated/α-hetero) is 2. The van der Waals surface area contributed by atoms with Gasteiger partial charge in [-0.15, -0.1) is 0 Å². The molecule has 0 bridgehead atoms. The van der Waals surface area contributed by atoms with E-state index in [0.717, 1.165) is 0 Å². The smallest absolute Gasteiger partial charge is 0.214 e. The number of ketones is 2. The van der Waals surface area contributed by atoms with E-state index in [9.17, 15) is 22.6 Å². The molecule has 1 heterocycles. The first-order chi connectivity index (χ1) is 10.7. The summed E-state index contributed by atoms with van der Waals surface area (Å²) in [6.45, 7) is 2.78. The molecule has 0 aliphatic carbocycles. The molecule has 0 amide bonds. The highest BCUT2D eigenvalue weighted by Crippen LogP contribution is 2.25. The number of aromatic nitrogens is 1. The minimum Gasteiger partial charge on any atom is -0.744 e. The molecule has 0 saturated carbocycles. The summed E-state index contributed by atoms with van der Waals surface area (Å²) < 4.78 is 36.0. The van der Waals surface area contributed by atoms with Crippen LogP contribution in [0.25, 0.3) is 11.3 Å². The Morgan fingerprint density at radius 1 is 1.13 bits per heavy atom. The van der Waals surface area contributed by atoms with Gasteiger partial charge in [-0.25, -0.2) is 8.42 Å². The zero-order chi connectivity index (χ0) is 17.2. The molecule has 0 aliphatic rings. The van der Waals surface area contributed by atoms with Crippen molar-refractivity contribution >= 4 is 21.7 Å². The van der Waals surface area contributed by atoms with Gasteiger partial charge in [0.05, 0.1) is 10.5 Å². The molecule has 2 rings (SSSR count). The van der Waals surface area contributed by atoms with Gasteiger partial charge in [-0.2, -0.15) is 4.57 Å². The van der Waals surface area contributed by atoms with E-state index < -0.39 is 15.0 Å². The van der Waals surface area contributed by atoms with E-state index in [2.05, 4.69) is 0 Å². The van der Waals surface area contributed by atoms with Crippen LogP contribution in [0.4, 0.5) is 0 Å². The minimum atomic E-state index is -4.69. The highest BCUT2D eigenvalue weighted by atomic mass is 32.2. The largest absolute Gasteiger partial charge is 0.744 e. The van der Waals surface area contributed by atoms with Crippen LogP contribution in [0.2, 0.25) is 0 Å². The van der Waals surface area contributed by atoms with E-state index in [4.69, 9.17) is 0 Å². The lowest BCUT2D eigenvalue weighted by Crippen LogP contribution is -2.39. The van der Waals surface area contributed by atoms with E-state index >= 15 is 0 Å². The zero-order valence-corrected chi connectivity index (χ0v) is 13.5. The van der Waals surface area contributed by atoms with Gasteiger partial charge in [-0.05, 0) is 19.1 Å². The van der Waals surface area contributed by atoms with Gasteiger partial charge in [-0.1, -0.05) is 12.1 Å². The third-order valence-electron chi connectivity index (χ3n) is 3.27. The van der Waals surface area contributed by atoms with Crippen molar-refractivity contribution in [1.29, 1.82) is 0 Å². The summed E-state index contributed by atoms with van der Waals surface area (Å²) >= 11 is 0. The summed E-state index contributed by atoms with van der Waals surface area (Å²) in [7, 11) is -4.69. The third-order valence-corrected chi connectivity index (χ3v) is 4.16. The highest BCUT2D eigenvalue weighted by molar-refractivity contribution is 7.85. The molecule has 0 radical (unpaired) electrons. The molecule has 2 aromatic rings. The molecule has 6 nitrogen and oxygen atoms in total. The van der Waals surface area contributed by atoms with Crippen molar-refractivity contribution in [3.05, 3.63) is 48.2 Å². The van der Waals surface area contributed by atoms with Crippen molar-refractivity contribution in [2.45, 2.75) is 25.3 Å². The molecule has 23 heavy (non-hydrogen) atoms. The van der Waals surface area contributed by atoms with E-state index in [1.165, 1.54) is 48.9 Å². The van der Waals surface area contributed by atoms with Gasteiger partial charge in [0, 0.05) is 24.6 Å². The SMILES string of the molecule is CC(=O)C[n+]1ccc(C(C)=O)cc1-c1ccccc1S(=O)(=O)[O-]. The number of nitrogens with zero attached hydrogens (tertiary/aromatic N) is 1. The summed E-state index contributed by atoms with van der Waals surface area (Å²) in [5, 5.41) is 0. The van der Waals surface area contributed by atoms with Gasteiger partial charge < -0.3 is 4.55 Å². The number of rotatable bonds is 5. The predicted octanol–water partition coefficient (Wildman–Crippen LogP) is 1.34. The maximum atomic E-state index is 11.6. The molecule has 0 saturated heterocycles. The molecule has 0 fully saturated rings. The molecule has 0 atom stereocenters. The first-order valence-electron chi connectivity index (χ1n) is 6.79. The fourth-order valence-corrected chi connectivity index (χ4v) is 2.94. The number of benzene rings is 1. The van der Waals surface area contributed by atoms with Crippen LogP contribution in [0.15, 0.2) is 47.5 Å². The lowest BCUT2D eigenvalue weighted by molar-refractivity contribution is -0.673. The van der Waals surface area contributed by atoms with Crippen LogP contribution < -0.4 is 4.57 Å². The molecule has 1 aromatic heterocycles. The molecule has 0 aliphatic heterocycles. The Labute approximate surface area is 134 Å². The van der Waals surface area contributed by atoms with E-state index in [0.29, 0.717) is 11.3 Å². The normalized spacial score (nSPS) is 11.3. The van der Waals surface area contributed by atoms with Crippen molar-refractivity contribution in [2.75, 3.05) is 0 Å². The second-order valence-electron chi connectivity index (χ2n) is 5.14. The Hall–Kier alpha value is -2.38. The summed E-state index contributed by atoms with van der Waals surface area (Å²) in [4.78, 5) is 22.6. The number of carbonyl (C=O) groups excluding carboxylic acids is 2. The quantitative estimate of drug-likeness (QED) is 0.467. The molecule has 120 valence electrons. The Kier molecular flexibility index (Phi) is 4.72. The van der Waals surface area contributed by atoms with E-state index in [1.807, 2.05) is 0 Å². The average Bonchev–Trinajstić information content (AvgIpc) is 2.46. The number of carbonyl (C=O) groups is 2. The molecular weight excluding hydrogens is 318 g/mol. The maximum absolute atomic E-state index is 11.6. The number of hydrogen-bond donors (Lipinski definition) is 0. The van der Waals surface area contributed by atoms with Crippen molar-refractivity contribution < 1.29 is 27.1 Å².